The summed E-state index contributed by atoms with van der Waals surface area (Å²) in [7, 11) is 0. The number of aromatic nitrogens is 1. The number of hydrogen-bond donors (Lipinski definition) is 0. The molecule has 12 rings (SSSR count). The van der Waals surface area contributed by atoms with E-state index in [1.807, 2.05) is 0 Å². The highest BCUT2D eigenvalue weighted by atomic mass is 15.2. The first kappa shape index (κ1) is 42.9. The fraction of sp³-hybridized carbons (Fsp3) is 0.0149. The van der Waals surface area contributed by atoms with Crippen molar-refractivity contribution in [2.45, 2.75) is 6.42 Å². The number of anilines is 9. The topological polar surface area (TPSA) is 14.7 Å². The van der Waals surface area contributed by atoms with E-state index >= 15 is 0 Å². The summed E-state index contributed by atoms with van der Waals surface area (Å²) in [6, 6.07) is 93.9. The minimum atomic E-state index is 0.816. The summed E-state index contributed by atoms with van der Waals surface area (Å²) < 4.78 is 2.46. The van der Waals surface area contributed by atoms with Gasteiger partial charge in [-0.05, 0) is 150 Å². The summed E-state index contributed by atoms with van der Waals surface area (Å²) in [5.74, 6) is 0. The van der Waals surface area contributed by atoms with E-state index in [2.05, 4.69) is 311 Å². The van der Waals surface area contributed by atoms with Crippen molar-refractivity contribution < 1.29 is 0 Å². The second-order valence-electron chi connectivity index (χ2n) is 17.7. The van der Waals surface area contributed by atoms with Crippen molar-refractivity contribution >= 4 is 78.7 Å². The molecular weight excluding hydrogens is 861 g/mol. The second-order valence-corrected chi connectivity index (χ2v) is 17.7. The molecule has 0 aliphatic heterocycles. The van der Waals surface area contributed by atoms with Crippen molar-refractivity contribution in [3.05, 3.63) is 291 Å². The molecule has 0 bridgehead atoms. The van der Waals surface area contributed by atoms with Crippen molar-refractivity contribution in [1.82, 2.24) is 4.57 Å². The zero-order valence-electron chi connectivity index (χ0n) is 39.2. The third kappa shape index (κ3) is 8.49. The number of allylic oxidation sites excluding steroid dienone is 6. The van der Waals surface area contributed by atoms with Crippen LogP contribution >= 0.6 is 0 Å². The van der Waals surface area contributed by atoms with E-state index in [1.165, 1.54) is 27.5 Å². The number of rotatable bonds is 12. The normalized spacial score (nSPS) is 12.1. The van der Waals surface area contributed by atoms with Crippen LogP contribution in [0.2, 0.25) is 0 Å². The van der Waals surface area contributed by atoms with Crippen LogP contribution < -0.4 is 14.7 Å². The van der Waals surface area contributed by atoms with Crippen LogP contribution in [0.25, 0.3) is 49.8 Å². The third-order valence-electron chi connectivity index (χ3n) is 13.3. The van der Waals surface area contributed by atoms with Crippen molar-refractivity contribution in [1.29, 1.82) is 0 Å². The largest absolute Gasteiger partial charge is 0.313 e. The summed E-state index contributed by atoms with van der Waals surface area (Å²) in [5, 5.41) is 2.39. The van der Waals surface area contributed by atoms with Crippen LogP contribution in [0.5, 0.6) is 0 Å². The molecule has 4 nitrogen and oxygen atoms in total. The number of hydrogen-bond acceptors (Lipinski definition) is 3. The molecule has 11 aromatic rings. The molecule has 10 aromatic carbocycles. The van der Waals surface area contributed by atoms with Crippen LogP contribution in [0.1, 0.15) is 6.42 Å². The van der Waals surface area contributed by atoms with E-state index in [0.29, 0.717) is 0 Å². The summed E-state index contributed by atoms with van der Waals surface area (Å²) in [4.78, 5) is 7.07. The van der Waals surface area contributed by atoms with E-state index in [1.54, 1.807) is 0 Å². The Morgan fingerprint density at radius 2 is 0.718 bits per heavy atom. The Labute approximate surface area is 415 Å². The van der Waals surface area contributed by atoms with Gasteiger partial charge in [-0.15, -0.1) is 0 Å². The number of fused-ring (bicyclic) bond motifs is 3. The summed E-state index contributed by atoms with van der Waals surface area (Å²) >= 11 is 0. The lowest BCUT2D eigenvalue weighted by Gasteiger charge is -2.30. The van der Waals surface area contributed by atoms with Crippen molar-refractivity contribution in [2.75, 3.05) is 14.7 Å². The average molecular weight is 911 g/mol. The van der Waals surface area contributed by atoms with Gasteiger partial charge in [0.05, 0.1) is 16.7 Å². The van der Waals surface area contributed by atoms with Gasteiger partial charge in [0.1, 0.15) is 0 Å². The van der Waals surface area contributed by atoms with Crippen molar-refractivity contribution in [2.24, 2.45) is 0 Å². The van der Waals surface area contributed by atoms with E-state index in [0.717, 1.165) is 79.9 Å². The highest BCUT2D eigenvalue weighted by Crippen LogP contribution is 2.47. The Balaban J connectivity index is 1.08. The Morgan fingerprint density at radius 3 is 1.23 bits per heavy atom. The fourth-order valence-electron chi connectivity index (χ4n) is 10.1. The molecule has 338 valence electrons. The predicted octanol–water partition coefficient (Wildman–Crippen LogP) is 18.9. The van der Waals surface area contributed by atoms with Gasteiger partial charge >= 0.3 is 0 Å². The Morgan fingerprint density at radius 1 is 0.296 bits per heavy atom. The van der Waals surface area contributed by atoms with Gasteiger partial charge in [-0.3, -0.25) is 0 Å². The molecule has 1 aliphatic carbocycles. The van der Waals surface area contributed by atoms with Crippen LogP contribution in [0.15, 0.2) is 291 Å². The maximum Gasteiger partial charge on any atom is 0.0541 e. The standard InChI is InChI=1S/C67H50N4/c1-2-10-38-59(37-9-1)71-66-43-40-51(50-24-23-39-60(46-50)68(53-25-11-3-12-26-53)54-27-13-4-14-28-54)47-63(66)64-48-52(41-44-67(64)71)62-49-61(69(55-29-15-5-16-30-55)56-31-17-6-18-32-56)42-45-65(62)70(57-33-19-7-20-34-57)58-35-21-8-22-36-58/h1-37,39-49H,38H2. The van der Waals surface area contributed by atoms with E-state index < -0.39 is 0 Å². The quantitative estimate of drug-likeness (QED) is 0.121. The van der Waals surface area contributed by atoms with E-state index in [-0.39, 0.29) is 0 Å². The maximum absolute atomic E-state index is 2.46. The molecule has 0 spiro atoms. The maximum atomic E-state index is 2.46. The molecule has 0 atom stereocenters. The van der Waals surface area contributed by atoms with E-state index in [4.69, 9.17) is 0 Å². The SMILES string of the molecule is C1=CC=C(n2c3ccc(-c4cccc(N(c5ccccc5)c5ccccc5)c4)cc3c3cc(-c4cc(N(c5ccccc5)c5ccccc5)ccc4N(c4ccccc4)c4ccccc4)ccc32)CC=C1. The summed E-state index contributed by atoms with van der Waals surface area (Å²) in [6.45, 7) is 0. The van der Waals surface area contributed by atoms with Gasteiger partial charge in [-0.2, -0.15) is 0 Å². The predicted molar refractivity (Wildman–Crippen MR) is 302 cm³/mol. The lowest BCUT2D eigenvalue weighted by atomic mass is 9.97. The minimum absolute atomic E-state index is 0.816. The van der Waals surface area contributed by atoms with Gasteiger partial charge in [-0.25, -0.2) is 0 Å². The summed E-state index contributed by atoms with van der Waals surface area (Å²) in [5.41, 5.74) is 17.9. The molecule has 1 heterocycles. The molecule has 0 N–H and O–H groups in total. The second kappa shape index (κ2) is 19.3. The molecular formula is C67H50N4. The van der Waals surface area contributed by atoms with Gasteiger partial charge < -0.3 is 19.3 Å². The molecule has 71 heavy (non-hydrogen) atoms. The van der Waals surface area contributed by atoms with Gasteiger partial charge in [-0.1, -0.05) is 158 Å². The van der Waals surface area contributed by atoms with Crippen LogP contribution in [0.4, 0.5) is 51.2 Å². The Kier molecular flexibility index (Phi) is 11.7. The van der Waals surface area contributed by atoms with Crippen LogP contribution in [0, 0.1) is 0 Å². The molecule has 1 aromatic heterocycles. The lowest BCUT2D eigenvalue weighted by molar-refractivity contribution is 1.14. The van der Waals surface area contributed by atoms with Crippen LogP contribution in [-0.2, 0) is 0 Å². The minimum Gasteiger partial charge on any atom is -0.313 e. The number of nitrogens with zero attached hydrogens (tertiary/aromatic N) is 4. The zero-order valence-corrected chi connectivity index (χ0v) is 39.2. The van der Waals surface area contributed by atoms with E-state index in [9.17, 15) is 0 Å². The molecule has 0 saturated carbocycles. The molecule has 0 saturated heterocycles. The van der Waals surface area contributed by atoms with Crippen molar-refractivity contribution in [3.63, 3.8) is 0 Å². The first-order valence-electron chi connectivity index (χ1n) is 24.3. The highest BCUT2D eigenvalue weighted by Gasteiger charge is 2.23. The Hall–Kier alpha value is -9.38. The van der Waals surface area contributed by atoms with Gasteiger partial charge in [0.15, 0.2) is 0 Å². The molecule has 0 radical (unpaired) electrons. The van der Waals surface area contributed by atoms with Gasteiger partial charge in [0.2, 0.25) is 0 Å². The molecule has 4 heteroatoms. The molecule has 0 amide bonds. The molecule has 0 unspecified atom stereocenters. The Bertz CT molecular complexity index is 3590. The number of benzene rings is 10. The lowest BCUT2D eigenvalue weighted by Crippen LogP contribution is -2.13. The molecule has 1 aliphatic rings. The van der Waals surface area contributed by atoms with Gasteiger partial charge in [0, 0.05) is 74.0 Å². The average Bonchev–Trinajstić information content (AvgIpc) is 3.53. The monoisotopic (exact) mass is 910 g/mol. The van der Waals surface area contributed by atoms with Crippen molar-refractivity contribution in [3.8, 4) is 22.3 Å². The summed E-state index contributed by atoms with van der Waals surface area (Å²) in [6.07, 6.45) is 11.7. The van der Waals surface area contributed by atoms with Crippen LogP contribution in [-0.4, -0.2) is 4.57 Å². The zero-order chi connectivity index (χ0) is 47.3. The first-order chi connectivity index (χ1) is 35.2. The number of para-hydroxylation sites is 6. The fourth-order valence-corrected chi connectivity index (χ4v) is 10.1. The first-order valence-corrected chi connectivity index (χ1v) is 24.3. The smallest absolute Gasteiger partial charge is 0.0541 e. The highest BCUT2D eigenvalue weighted by molar-refractivity contribution is 6.13. The van der Waals surface area contributed by atoms with Gasteiger partial charge in [0.25, 0.3) is 0 Å². The molecule has 0 fully saturated rings. The third-order valence-corrected chi connectivity index (χ3v) is 13.3. The van der Waals surface area contributed by atoms with Crippen LogP contribution in [0.3, 0.4) is 0 Å².